The lowest BCUT2D eigenvalue weighted by Crippen LogP contribution is -2.25. The fourth-order valence-corrected chi connectivity index (χ4v) is 1.01. The van der Waals surface area contributed by atoms with Gasteiger partial charge in [-0.25, -0.2) is 9.37 Å². The van der Waals surface area contributed by atoms with Gasteiger partial charge in [-0.1, -0.05) is 22.5 Å². The molecule has 1 aromatic heterocycles. The van der Waals surface area contributed by atoms with Gasteiger partial charge in [0.2, 0.25) is 5.95 Å². The molecule has 3 nitrogen and oxygen atoms in total. The van der Waals surface area contributed by atoms with Gasteiger partial charge in [-0.2, -0.15) is 4.39 Å². The summed E-state index contributed by atoms with van der Waals surface area (Å²) < 4.78 is 26.2. The second-order valence-corrected chi connectivity index (χ2v) is 3.78. The summed E-state index contributed by atoms with van der Waals surface area (Å²) in [6.45, 7) is 3.62. The number of rotatable bonds is 3. The van der Waals surface area contributed by atoms with Crippen molar-refractivity contribution in [2.75, 3.05) is 6.54 Å². The van der Waals surface area contributed by atoms with Gasteiger partial charge in [0, 0.05) is 17.2 Å². The lowest BCUT2D eigenvalue weighted by atomic mass is 10.2. The van der Waals surface area contributed by atoms with Crippen molar-refractivity contribution in [2.45, 2.75) is 0 Å². The van der Waals surface area contributed by atoms with Crippen molar-refractivity contribution in [1.82, 2.24) is 10.3 Å². The number of hydrogen-bond donors (Lipinski definition) is 1. The molecule has 0 aliphatic carbocycles. The summed E-state index contributed by atoms with van der Waals surface area (Å²) in [5, 5.41) is 2.35. The van der Waals surface area contributed by atoms with Crippen LogP contribution in [-0.2, 0) is 0 Å². The summed E-state index contributed by atoms with van der Waals surface area (Å²) in [6.07, 6.45) is 1.02. The zero-order valence-electron chi connectivity index (χ0n) is 7.56. The van der Waals surface area contributed by atoms with Crippen molar-refractivity contribution >= 4 is 21.8 Å². The van der Waals surface area contributed by atoms with Crippen molar-refractivity contribution in [3.8, 4) is 0 Å². The molecule has 1 amide bonds. The number of amides is 1. The summed E-state index contributed by atoms with van der Waals surface area (Å²) in [5.74, 6) is -3.26. The molecule has 0 saturated carbocycles. The van der Waals surface area contributed by atoms with Crippen molar-refractivity contribution in [3.63, 3.8) is 0 Å². The van der Waals surface area contributed by atoms with E-state index in [1.54, 1.807) is 0 Å². The van der Waals surface area contributed by atoms with Gasteiger partial charge in [0.25, 0.3) is 5.91 Å². The highest BCUT2D eigenvalue weighted by Crippen LogP contribution is 2.08. The molecule has 1 heterocycles. The Balaban J connectivity index is 2.82. The molecule has 1 N–H and O–H groups in total. The smallest absolute Gasteiger partial charge is 0.254 e. The van der Waals surface area contributed by atoms with Crippen LogP contribution in [0.15, 0.2) is 23.3 Å². The molecule has 0 unspecified atom stereocenters. The zero-order valence-corrected chi connectivity index (χ0v) is 9.14. The van der Waals surface area contributed by atoms with Crippen molar-refractivity contribution in [2.24, 2.45) is 0 Å². The van der Waals surface area contributed by atoms with Gasteiger partial charge in [0.15, 0.2) is 5.82 Å². The summed E-state index contributed by atoms with van der Waals surface area (Å²) in [7, 11) is 0. The fourth-order valence-electron chi connectivity index (χ4n) is 0.865. The zero-order chi connectivity index (χ0) is 11.4. The first-order valence-electron chi connectivity index (χ1n) is 3.94. The van der Waals surface area contributed by atoms with Crippen LogP contribution in [0.2, 0.25) is 0 Å². The average Bonchev–Trinajstić information content (AvgIpc) is 2.18. The fraction of sp³-hybridized carbons (Fsp3) is 0.111. The normalized spacial score (nSPS) is 9.80. The number of carbonyl (C=O) groups is 1. The van der Waals surface area contributed by atoms with E-state index < -0.39 is 17.7 Å². The predicted molar refractivity (Wildman–Crippen MR) is 54.6 cm³/mol. The highest BCUT2D eigenvalue weighted by atomic mass is 79.9. The Morgan fingerprint density at radius 3 is 2.87 bits per heavy atom. The minimum absolute atomic E-state index is 0.141. The average molecular weight is 277 g/mol. The Hall–Kier alpha value is -1.30. The van der Waals surface area contributed by atoms with Crippen LogP contribution < -0.4 is 5.32 Å². The van der Waals surface area contributed by atoms with E-state index >= 15 is 0 Å². The first-order valence-corrected chi connectivity index (χ1v) is 4.73. The van der Waals surface area contributed by atoms with Crippen LogP contribution in [0.4, 0.5) is 8.78 Å². The molecule has 0 spiro atoms. The number of hydrogen-bond acceptors (Lipinski definition) is 2. The molecule has 15 heavy (non-hydrogen) atoms. The Kier molecular flexibility index (Phi) is 3.90. The van der Waals surface area contributed by atoms with E-state index in [-0.39, 0.29) is 12.1 Å². The van der Waals surface area contributed by atoms with Crippen LogP contribution in [0, 0.1) is 11.8 Å². The van der Waals surface area contributed by atoms with Crippen LogP contribution in [0.25, 0.3) is 0 Å². The minimum atomic E-state index is -1.29. The topological polar surface area (TPSA) is 42.0 Å². The summed E-state index contributed by atoms with van der Waals surface area (Å²) in [6, 6.07) is 1.10. The predicted octanol–water partition coefficient (Wildman–Crippen LogP) is 2.00. The second-order valence-electron chi connectivity index (χ2n) is 2.66. The van der Waals surface area contributed by atoms with Crippen molar-refractivity contribution in [1.29, 1.82) is 0 Å². The van der Waals surface area contributed by atoms with Gasteiger partial charge in [-0.3, -0.25) is 4.79 Å². The number of nitrogens with zero attached hydrogens (tertiary/aromatic N) is 1. The Morgan fingerprint density at radius 2 is 2.27 bits per heavy atom. The lowest BCUT2D eigenvalue weighted by molar-refractivity contribution is 0.0952. The summed E-state index contributed by atoms with van der Waals surface area (Å²) in [5.41, 5.74) is -0.378. The lowest BCUT2D eigenvalue weighted by Gasteiger charge is -2.04. The van der Waals surface area contributed by atoms with E-state index in [0.717, 1.165) is 12.3 Å². The van der Waals surface area contributed by atoms with Gasteiger partial charge in [-0.05, 0) is 6.07 Å². The molecule has 0 atom stereocenters. The van der Waals surface area contributed by atoms with E-state index in [9.17, 15) is 13.6 Å². The van der Waals surface area contributed by atoms with Crippen LogP contribution in [-0.4, -0.2) is 17.4 Å². The van der Waals surface area contributed by atoms with E-state index in [4.69, 9.17) is 0 Å². The number of nitrogens with one attached hydrogen (secondary N) is 1. The Bertz CT molecular complexity index is 409. The highest BCUT2D eigenvalue weighted by molar-refractivity contribution is 9.11. The van der Waals surface area contributed by atoms with E-state index in [2.05, 4.69) is 32.8 Å². The molecule has 0 aromatic carbocycles. The summed E-state index contributed by atoms with van der Waals surface area (Å²) >= 11 is 3.02. The molecule has 0 aliphatic rings. The second kappa shape index (κ2) is 4.97. The molecule has 0 aliphatic heterocycles. The van der Waals surface area contributed by atoms with Gasteiger partial charge in [0.05, 0.1) is 5.56 Å². The molecule has 1 rings (SSSR count). The molecule has 0 radical (unpaired) electrons. The molecule has 1 aromatic rings. The van der Waals surface area contributed by atoms with Gasteiger partial charge >= 0.3 is 0 Å². The van der Waals surface area contributed by atoms with Crippen LogP contribution in [0.5, 0.6) is 0 Å². The van der Waals surface area contributed by atoms with Crippen molar-refractivity contribution < 1.29 is 13.6 Å². The minimum Gasteiger partial charge on any atom is -0.347 e. The third-order valence-corrected chi connectivity index (χ3v) is 1.81. The molecular weight excluding hydrogens is 270 g/mol. The van der Waals surface area contributed by atoms with Crippen LogP contribution in [0.3, 0.4) is 0 Å². The van der Waals surface area contributed by atoms with Crippen LogP contribution in [0.1, 0.15) is 10.4 Å². The number of pyridine rings is 1. The van der Waals surface area contributed by atoms with Gasteiger partial charge in [-0.15, -0.1) is 0 Å². The quantitative estimate of drug-likeness (QED) is 0.858. The number of carbonyl (C=O) groups excluding carboxylic acids is 1. The molecule has 80 valence electrons. The maximum absolute atomic E-state index is 13.0. The number of aromatic nitrogens is 1. The van der Waals surface area contributed by atoms with Gasteiger partial charge in [0.1, 0.15) is 0 Å². The molecular formula is C9H7BrF2N2O. The third-order valence-electron chi connectivity index (χ3n) is 1.53. The van der Waals surface area contributed by atoms with Crippen molar-refractivity contribution in [3.05, 3.63) is 40.7 Å². The Labute approximate surface area is 93.3 Å². The van der Waals surface area contributed by atoms with E-state index in [0.29, 0.717) is 4.48 Å². The molecule has 6 heteroatoms. The first-order chi connectivity index (χ1) is 7.02. The standard InChI is InChI=1S/C9H7BrF2N2O/c1-5(10)4-14-9(15)6-2-3-13-8(12)7(6)11/h2-3H,1,4H2,(H,14,15). The SMILES string of the molecule is C=C(Br)CNC(=O)c1ccnc(F)c1F. The monoisotopic (exact) mass is 276 g/mol. The molecule has 0 fully saturated rings. The third kappa shape index (κ3) is 3.09. The first kappa shape index (κ1) is 11.8. The van der Waals surface area contributed by atoms with Crippen LogP contribution >= 0.6 is 15.9 Å². The summed E-state index contributed by atoms with van der Waals surface area (Å²) in [4.78, 5) is 14.4. The maximum atomic E-state index is 13.0. The molecule has 0 saturated heterocycles. The largest absolute Gasteiger partial charge is 0.347 e. The number of halogens is 3. The Morgan fingerprint density at radius 1 is 1.60 bits per heavy atom. The molecule has 0 bridgehead atoms. The van der Waals surface area contributed by atoms with E-state index in [1.165, 1.54) is 0 Å². The van der Waals surface area contributed by atoms with Gasteiger partial charge < -0.3 is 5.32 Å². The highest BCUT2D eigenvalue weighted by Gasteiger charge is 2.15. The van der Waals surface area contributed by atoms with E-state index in [1.807, 2.05) is 0 Å². The maximum Gasteiger partial charge on any atom is 0.254 e.